The number of allylic oxidation sites excluding steroid dienone is 4. The Hall–Kier alpha value is -0.673. The smallest absolute Gasteiger partial charge is 0.170 e. The van der Waals surface area contributed by atoms with Crippen molar-refractivity contribution in [1.82, 2.24) is 0 Å². The molecule has 0 aliphatic heterocycles. The first-order chi connectivity index (χ1) is 14.5. The summed E-state index contributed by atoms with van der Waals surface area (Å²) in [7, 11) is -0.951. The minimum absolute atomic E-state index is 0.214. The van der Waals surface area contributed by atoms with Gasteiger partial charge in [-0.2, -0.15) is 0 Å². The summed E-state index contributed by atoms with van der Waals surface area (Å²) in [6.07, 6.45) is 15.3. The SMILES string of the molecule is C[SiH](C)OCCC([C@H]1CC[C@H]2[C@@H]3C=CC4=CC(=O)CC[C@]4(C)[C@H]3CC[C@]12C)C(C)(C)C. The average Bonchev–Trinajstić information content (AvgIpc) is 3.01. The normalized spacial score (nSPS) is 40.9. The molecular formula is C28H46O2Si. The van der Waals surface area contributed by atoms with Crippen LogP contribution in [0, 0.1) is 45.8 Å². The largest absolute Gasteiger partial charge is 0.421 e. The highest BCUT2D eigenvalue weighted by Crippen LogP contribution is 2.67. The van der Waals surface area contributed by atoms with E-state index in [1.807, 2.05) is 6.08 Å². The van der Waals surface area contributed by atoms with Crippen molar-refractivity contribution < 1.29 is 9.22 Å². The van der Waals surface area contributed by atoms with Crippen molar-refractivity contribution in [2.75, 3.05) is 6.61 Å². The Morgan fingerprint density at radius 2 is 1.87 bits per heavy atom. The Bertz CT molecular complexity index is 759. The molecule has 1 unspecified atom stereocenters. The van der Waals surface area contributed by atoms with Gasteiger partial charge in [-0.05, 0) is 109 Å². The van der Waals surface area contributed by atoms with Crippen molar-refractivity contribution in [3.8, 4) is 0 Å². The van der Waals surface area contributed by atoms with Crippen LogP contribution in [-0.4, -0.2) is 21.4 Å². The molecule has 0 bridgehead atoms. The molecule has 0 heterocycles. The monoisotopic (exact) mass is 442 g/mol. The molecule has 7 atom stereocenters. The third kappa shape index (κ3) is 4.07. The number of ketones is 1. The topological polar surface area (TPSA) is 26.3 Å². The van der Waals surface area contributed by atoms with Crippen molar-refractivity contribution >= 4 is 14.8 Å². The molecule has 3 heteroatoms. The highest BCUT2D eigenvalue weighted by Gasteiger charge is 2.59. The van der Waals surface area contributed by atoms with Crippen LogP contribution in [0.3, 0.4) is 0 Å². The third-order valence-corrected chi connectivity index (χ3v) is 11.0. The Labute approximate surface area is 193 Å². The number of rotatable bonds is 5. The second-order valence-corrected chi connectivity index (χ2v) is 15.5. The number of hydrogen-bond acceptors (Lipinski definition) is 2. The van der Waals surface area contributed by atoms with Crippen LogP contribution in [0.15, 0.2) is 23.8 Å². The third-order valence-electron chi connectivity index (χ3n) is 10.1. The first-order valence-electron chi connectivity index (χ1n) is 13.0. The molecule has 4 aliphatic rings. The van der Waals surface area contributed by atoms with Crippen LogP contribution in [0.2, 0.25) is 13.1 Å². The summed E-state index contributed by atoms with van der Waals surface area (Å²) >= 11 is 0. The molecule has 2 saturated carbocycles. The predicted octanol–water partition coefficient (Wildman–Crippen LogP) is 6.96. The molecule has 0 spiro atoms. The summed E-state index contributed by atoms with van der Waals surface area (Å²) in [5, 5.41) is 0. The van der Waals surface area contributed by atoms with Gasteiger partial charge in [-0.25, -0.2) is 0 Å². The summed E-state index contributed by atoms with van der Waals surface area (Å²) in [5.41, 5.74) is 2.31. The lowest BCUT2D eigenvalue weighted by Crippen LogP contribution is -2.50. The van der Waals surface area contributed by atoms with Crippen molar-refractivity contribution in [2.24, 2.45) is 45.8 Å². The van der Waals surface area contributed by atoms with Crippen LogP contribution >= 0.6 is 0 Å². The highest BCUT2D eigenvalue weighted by atomic mass is 28.3. The second kappa shape index (κ2) is 8.28. The molecule has 31 heavy (non-hydrogen) atoms. The highest BCUT2D eigenvalue weighted by molar-refractivity contribution is 6.48. The molecule has 0 amide bonds. The van der Waals surface area contributed by atoms with Crippen LogP contribution < -0.4 is 0 Å². The van der Waals surface area contributed by atoms with E-state index < -0.39 is 9.04 Å². The molecule has 4 rings (SSSR count). The van der Waals surface area contributed by atoms with E-state index in [4.69, 9.17) is 4.43 Å². The quantitative estimate of drug-likeness (QED) is 0.430. The molecule has 0 radical (unpaired) electrons. The zero-order chi connectivity index (χ0) is 22.6. The maximum Gasteiger partial charge on any atom is 0.170 e. The summed E-state index contributed by atoms with van der Waals surface area (Å²) in [4.78, 5) is 12.1. The fraction of sp³-hybridized carbons (Fsp3) is 0.821. The van der Waals surface area contributed by atoms with Gasteiger partial charge in [0.15, 0.2) is 14.8 Å². The first-order valence-corrected chi connectivity index (χ1v) is 15.8. The molecule has 0 aromatic rings. The van der Waals surface area contributed by atoms with Gasteiger partial charge in [-0.3, -0.25) is 4.79 Å². The lowest BCUT2D eigenvalue weighted by atomic mass is 9.47. The zero-order valence-corrected chi connectivity index (χ0v) is 22.3. The summed E-state index contributed by atoms with van der Waals surface area (Å²) in [6, 6.07) is 0. The average molecular weight is 443 g/mol. The van der Waals surface area contributed by atoms with Gasteiger partial charge >= 0.3 is 0 Å². The second-order valence-electron chi connectivity index (χ2n) is 13.0. The van der Waals surface area contributed by atoms with Gasteiger partial charge in [0, 0.05) is 13.0 Å². The van der Waals surface area contributed by atoms with Gasteiger partial charge < -0.3 is 4.43 Å². The number of hydrogen-bond donors (Lipinski definition) is 0. The lowest BCUT2D eigenvalue weighted by Gasteiger charge is -2.57. The fourth-order valence-corrected chi connectivity index (χ4v) is 8.97. The molecule has 0 saturated heterocycles. The summed E-state index contributed by atoms with van der Waals surface area (Å²) < 4.78 is 6.16. The molecular weight excluding hydrogens is 396 g/mol. The number of fused-ring (bicyclic) bond motifs is 5. The van der Waals surface area contributed by atoms with E-state index in [9.17, 15) is 4.79 Å². The molecule has 0 N–H and O–H groups in total. The Kier molecular flexibility index (Phi) is 6.27. The molecule has 2 nitrogen and oxygen atoms in total. The zero-order valence-electron chi connectivity index (χ0n) is 21.2. The van der Waals surface area contributed by atoms with E-state index in [1.54, 1.807) is 0 Å². The van der Waals surface area contributed by atoms with E-state index >= 15 is 0 Å². The minimum atomic E-state index is -0.951. The van der Waals surface area contributed by atoms with Crippen LogP contribution in [0.25, 0.3) is 0 Å². The Morgan fingerprint density at radius 3 is 2.55 bits per heavy atom. The van der Waals surface area contributed by atoms with E-state index in [-0.39, 0.29) is 5.41 Å². The van der Waals surface area contributed by atoms with Gasteiger partial charge in [0.25, 0.3) is 0 Å². The van der Waals surface area contributed by atoms with Gasteiger partial charge in [0.2, 0.25) is 0 Å². The van der Waals surface area contributed by atoms with Crippen LogP contribution in [0.4, 0.5) is 0 Å². The van der Waals surface area contributed by atoms with E-state index in [0.29, 0.717) is 22.5 Å². The molecule has 174 valence electrons. The van der Waals surface area contributed by atoms with Crippen LogP contribution in [0.1, 0.15) is 79.6 Å². The lowest BCUT2D eigenvalue weighted by molar-refractivity contribution is -0.116. The van der Waals surface area contributed by atoms with Crippen molar-refractivity contribution in [1.29, 1.82) is 0 Å². The minimum Gasteiger partial charge on any atom is -0.421 e. The molecule has 4 aliphatic carbocycles. The fourth-order valence-electron chi connectivity index (χ4n) is 8.37. The van der Waals surface area contributed by atoms with E-state index in [1.165, 1.54) is 37.7 Å². The molecule has 0 aromatic heterocycles. The predicted molar refractivity (Wildman–Crippen MR) is 132 cm³/mol. The van der Waals surface area contributed by atoms with E-state index in [2.05, 4.69) is 59.9 Å². The van der Waals surface area contributed by atoms with Crippen LogP contribution in [0.5, 0.6) is 0 Å². The van der Waals surface area contributed by atoms with Gasteiger partial charge in [-0.15, -0.1) is 0 Å². The van der Waals surface area contributed by atoms with Gasteiger partial charge in [0.05, 0.1) is 0 Å². The maximum atomic E-state index is 12.1. The van der Waals surface area contributed by atoms with Crippen LogP contribution in [-0.2, 0) is 9.22 Å². The van der Waals surface area contributed by atoms with Crippen molar-refractivity contribution in [3.63, 3.8) is 0 Å². The Morgan fingerprint density at radius 1 is 1.13 bits per heavy atom. The maximum absolute atomic E-state index is 12.1. The van der Waals surface area contributed by atoms with Crippen molar-refractivity contribution in [3.05, 3.63) is 23.8 Å². The van der Waals surface area contributed by atoms with Gasteiger partial charge in [0.1, 0.15) is 0 Å². The summed E-state index contributed by atoms with van der Waals surface area (Å²) in [6.45, 7) is 18.0. The molecule has 0 aromatic carbocycles. The summed E-state index contributed by atoms with van der Waals surface area (Å²) in [5.74, 6) is 4.08. The number of carbonyl (C=O) groups excluding carboxylic acids is 1. The molecule has 2 fully saturated rings. The van der Waals surface area contributed by atoms with E-state index in [0.717, 1.165) is 43.1 Å². The Balaban J connectivity index is 1.59. The number of carbonyl (C=O) groups is 1. The van der Waals surface area contributed by atoms with Crippen molar-refractivity contribution in [2.45, 2.75) is 92.7 Å². The van der Waals surface area contributed by atoms with Gasteiger partial charge in [-0.1, -0.05) is 46.8 Å². The first kappa shape index (κ1) is 23.5. The standard InChI is InChI=1S/C28H46O2Si/c1-26(2,3)24(14-17-30-31(6)7)25-11-10-22-21-9-8-19-18-20(29)12-15-27(19,4)23(21)13-16-28(22,25)5/h8-9,18,21-25,31H,10-17H2,1-7H3/t21-,22-,23-,24?,25+,27-,28-/m0/s1.